The average molecular weight is 498 g/mol. The maximum Gasteiger partial charge on any atom is 0.335 e. The molecule has 0 bridgehead atoms. The second kappa shape index (κ2) is 8.12. The van der Waals surface area contributed by atoms with Gasteiger partial charge >= 0.3 is 11.9 Å². The quantitative estimate of drug-likeness (QED) is 0.356. The molecule has 1 unspecified atom stereocenters. The third-order valence-electron chi connectivity index (χ3n) is 7.10. The third kappa shape index (κ3) is 3.67. The molecule has 1 aliphatic carbocycles. The number of nitrogens with zero attached hydrogens (tertiary/aromatic N) is 1. The van der Waals surface area contributed by atoms with Gasteiger partial charge in [-0.25, -0.2) is 9.59 Å². The number of allylic oxidation sites excluding steroid dienone is 5. The highest BCUT2D eigenvalue weighted by molar-refractivity contribution is 6.54. The standard InChI is InChI=1S/C28H22N2O7/c1-12-15-8-13(26(34)35)4-6-19(15)29-21(12)10-16-23(31)17(25(33)24(16)32)11-22-28(2,3)18-9-14(27(36)37)5-7-20(18)30-22/h4-12,29,31H,1-3H3,(H,34,35)(H,36,37)/b17-11-,21-10+. The highest BCUT2D eigenvalue weighted by Gasteiger charge is 2.40. The summed E-state index contributed by atoms with van der Waals surface area (Å²) in [6, 6.07) is 9.19. The molecule has 37 heavy (non-hydrogen) atoms. The number of Topliss-reactive ketones (excluding diaryl/α,β-unsaturated/α-hetero) is 2. The lowest BCUT2D eigenvalue weighted by molar-refractivity contribution is -0.131. The second-order valence-corrected chi connectivity index (χ2v) is 9.69. The molecule has 3 aliphatic rings. The maximum absolute atomic E-state index is 12.9. The molecule has 9 heteroatoms. The summed E-state index contributed by atoms with van der Waals surface area (Å²) in [5.74, 6) is -4.65. The molecular weight excluding hydrogens is 476 g/mol. The third-order valence-corrected chi connectivity index (χ3v) is 7.10. The van der Waals surface area contributed by atoms with Gasteiger partial charge in [-0.1, -0.05) is 20.8 Å². The number of nitrogens with one attached hydrogen (secondary N) is 1. The van der Waals surface area contributed by atoms with E-state index in [2.05, 4.69) is 10.3 Å². The number of ketones is 2. The first kappa shape index (κ1) is 23.9. The number of rotatable bonds is 4. The van der Waals surface area contributed by atoms with Gasteiger partial charge in [0.25, 0.3) is 0 Å². The van der Waals surface area contributed by atoms with Crippen LogP contribution < -0.4 is 5.32 Å². The number of aliphatic hydroxyl groups is 1. The lowest BCUT2D eigenvalue weighted by Gasteiger charge is -2.21. The Balaban J connectivity index is 1.51. The van der Waals surface area contributed by atoms with Crippen molar-refractivity contribution in [1.82, 2.24) is 0 Å². The van der Waals surface area contributed by atoms with Crippen LogP contribution in [0.4, 0.5) is 11.4 Å². The molecule has 1 atom stereocenters. The van der Waals surface area contributed by atoms with Crippen LogP contribution in [-0.4, -0.2) is 44.5 Å². The summed E-state index contributed by atoms with van der Waals surface area (Å²) in [5.41, 5.74) is 2.65. The molecule has 186 valence electrons. The van der Waals surface area contributed by atoms with Gasteiger partial charge in [0, 0.05) is 22.7 Å². The van der Waals surface area contributed by atoms with Crippen LogP contribution in [0.2, 0.25) is 0 Å². The Morgan fingerprint density at radius 3 is 2.30 bits per heavy atom. The number of hydrogen-bond acceptors (Lipinski definition) is 7. The van der Waals surface area contributed by atoms with Crippen LogP contribution in [0.25, 0.3) is 0 Å². The number of carbonyl (C=O) groups is 4. The smallest absolute Gasteiger partial charge is 0.335 e. The Hall–Kier alpha value is -4.79. The minimum absolute atomic E-state index is 0.106. The molecule has 2 aromatic carbocycles. The molecule has 0 fully saturated rings. The Labute approximate surface area is 211 Å². The van der Waals surface area contributed by atoms with Crippen LogP contribution >= 0.6 is 0 Å². The van der Waals surface area contributed by atoms with E-state index in [9.17, 15) is 34.5 Å². The lowest BCUT2D eigenvalue weighted by Crippen LogP contribution is -2.25. The number of aliphatic imine (C=N–C) groups is 1. The van der Waals surface area contributed by atoms with Crippen LogP contribution in [0, 0.1) is 0 Å². The van der Waals surface area contributed by atoms with Crippen molar-refractivity contribution in [3.05, 3.63) is 93.4 Å². The summed E-state index contributed by atoms with van der Waals surface area (Å²) in [4.78, 5) is 53.0. The first-order valence-electron chi connectivity index (χ1n) is 11.5. The van der Waals surface area contributed by atoms with Gasteiger partial charge in [-0.15, -0.1) is 0 Å². The number of benzene rings is 2. The van der Waals surface area contributed by atoms with E-state index in [4.69, 9.17) is 0 Å². The topological polar surface area (TPSA) is 153 Å². The Morgan fingerprint density at radius 2 is 1.62 bits per heavy atom. The SMILES string of the molecule is CC1/C(=C\C2=C(O)C(=C/C3=Nc4ccc(C(=O)O)cc4C3(C)C)/C(=O)C2=O)Nc2ccc(C(=O)O)cc21. The summed E-state index contributed by atoms with van der Waals surface area (Å²) >= 11 is 0. The van der Waals surface area contributed by atoms with Crippen LogP contribution in [0.3, 0.4) is 0 Å². The van der Waals surface area contributed by atoms with Gasteiger partial charge in [0.15, 0.2) is 0 Å². The van der Waals surface area contributed by atoms with Gasteiger partial charge in [-0.3, -0.25) is 14.6 Å². The van der Waals surface area contributed by atoms with Gasteiger partial charge in [0.2, 0.25) is 11.6 Å². The molecule has 0 saturated heterocycles. The first-order valence-corrected chi connectivity index (χ1v) is 11.5. The zero-order valence-electron chi connectivity index (χ0n) is 20.1. The largest absolute Gasteiger partial charge is 0.506 e. The van der Waals surface area contributed by atoms with E-state index in [1.165, 1.54) is 30.4 Å². The number of aromatic carboxylic acids is 2. The number of carboxylic acids is 2. The molecule has 4 N–H and O–H groups in total. The minimum Gasteiger partial charge on any atom is -0.506 e. The van der Waals surface area contributed by atoms with Gasteiger partial charge in [-0.2, -0.15) is 0 Å². The number of carbonyl (C=O) groups excluding carboxylic acids is 2. The predicted octanol–water partition coefficient (Wildman–Crippen LogP) is 4.45. The van der Waals surface area contributed by atoms with Crippen LogP contribution in [0.15, 0.2) is 76.1 Å². The van der Waals surface area contributed by atoms with Crippen molar-refractivity contribution in [3.63, 3.8) is 0 Å². The van der Waals surface area contributed by atoms with Crippen molar-refractivity contribution in [3.8, 4) is 0 Å². The lowest BCUT2D eigenvalue weighted by atomic mass is 9.80. The van der Waals surface area contributed by atoms with Crippen LogP contribution in [0.1, 0.15) is 58.5 Å². The van der Waals surface area contributed by atoms with E-state index < -0.39 is 34.7 Å². The van der Waals surface area contributed by atoms with E-state index in [-0.39, 0.29) is 28.2 Å². The monoisotopic (exact) mass is 498 g/mol. The van der Waals surface area contributed by atoms with E-state index >= 15 is 0 Å². The average Bonchev–Trinajstić information content (AvgIpc) is 3.37. The number of fused-ring (bicyclic) bond motifs is 2. The minimum atomic E-state index is -1.07. The molecule has 2 heterocycles. The molecule has 0 aromatic heterocycles. The molecule has 9 nitrogen and oxygen atoms in total. The maximum atomic E-state index is 12.9. The number of hydrogen-bond donors (Lipinski definition) is 4. The zero-order valence-corrected chi connectivity index (χ0v) is 20.1. The molecule has 5 rings (SSSR count). The summed E-state index contributed by atoms with van der Waals surface area (Å²) in [6.07, 6.45) is 2.79. The Kier molecular flexibility index (Phi) is 5.25. The van der Waals surface area contributed by atoms with Gasteiger partial charge < -0.3 is 20.6 Å². The van der Waals surface area contributed by atoms with E-state index in [1.54, 1.807) is 18.2 Å². The fourth-order valence-electron chi connectivity index (χ4n) is 4.81. The van der Waals surface area contributed by atoms with Crippen molar-refractivity contribution in [1.29, 1.82) is 0 Å². The fourth-order valence-corrected chi connectivity index (χ4v) is 4.81. The summed E-state index contributed by atoms with van der Waals surface area (Å²) in [6.45, 7) is 5.46. The number of anilines is 1. The van der Waals surface area contributed by atoms with Crippen molar-refractivity contribution in [2.24, 2.45) is 4.99 Å². The number of aliphatic hydroxyl groups excluding tert-OH is 1. The highest BCUT2D eigenvalue weighted by Crippen LogP contribution is 2.43. The molecule has 0 amide bonds. The van der Waals surface area contributed by atoms with Gasteiger partial charge in [0.05, 0.1) is 33.7 Å². The highest BCUT2D eigenvalue weighted by atomic mass is 16.4. The predicted molar refractivity (Wildman–Crippen MR) is 135 cm³/mol. The second-order valence-electron chi connectivity index (χ2n) is 9.69. The van der Waals surface area contributed by atoms with E-state index in [0.717, 1.165) is 5.56 Å². The van der Waals surface area contributed by atoms with Crippen molar-refractivity contribution in [2.45, 2.75) is 32.1 Å². The Bertz CT molecular complexity index is 1590. The van der Waals surface area contributed by atoms with E-state index in [1.807, 2.05) is 20.8 Å². The molecule has 2 aliphatic heterocycles. The zero-order chi connectivity index (χ0) is 26.8. The van der Waals surface area contributed by atoms with Crippen molar-refractivity contribution in [2.75, 3.05) is 5.32 Å². The molecule has 0 saturated carbocycles. The number of carboxylic acid groups (broad SMARTS) is 2. The summed E-state index contributed by atoms with van der Waals surface area (Å²) in [5, 5.41) is 32.7. The normalized spacial score (nSPS) is 21.8. The van der Waals surface area contributed by atoms with Crippen LogP contribution in [0.5, 0.6) is 0 Å². The fraction of sp³-hybridized carbons (Fsp3) is 0.179. The van der Waals surface area contributed by atoms with Crippen molar-refractivity contribution >= 4 is 40.6 Å². The van der Waals surface area contributed by atoms with E-state index in [0.29, 0.717) is 28.3 Å². The van der Waals surface area contributed by atoms with Crippen LogP contribution in [-0.2, 0) is 15.0 Å². The molecule has 2 aromatic rings. The van der Waals surface area contributed by atoms with Crippen molar-refractivity contribution < 1.29 is 34.5 Å². The molecule has 0 spiro atoms. The first-order chi connectivity index (χ1) is 17.4. The molecule has 0 radical (unpaired) electrons. The Morgan fingerprint density at radius 1 is 0.973 bits per heavy atom. The summed E-state index contributed by atoms with van der Waals surface area (Å²) < 4.78 is 0. The summed E-state index contributed by atoms with van der Waals surface area (Å²) in [7, 11) is 0. The van der Waals surface area contributed by atoms with Gasteiger partial charge in [0.1, 0.15) is 5.76 Å². The van der Waals surface area contributed by atoms with Gasteiger partial charge in [-0.05, 0) is 59.7 Å². The molecular formula is C28H22N2O7.